The first-order valence-corrected chi connectivity index (χ1v) is 4.71. The SMILES string of the molecule is COCCC(=O)N(C)C1CCNC1. The van der Waals surface area contributed by atoms with Crippen LogP contribution in [0.1, 0.15) is 12.8 Å². The third-order valence-electron chi connectivity index (χ3n) is 2.50. The number of carbonyl (C=O) groups is 1. The summed E-state index contributed by atoms with van der Waals surface area (Å²) in [4.78, 5) is 13.3. The molecule has 1 unspecified atom stereocenters. The van der Waals surface area contributed by atoms with E-state index in [1.54, 1.807) is 7.11 Å². The zero-order valence-corrected chi connectivity index (χ0v) is 8.38. The Kier molecular flexibility index (Phi) is 4.18. The van der Waals surface area contributed by atoms with Gasteiger partial charge in [-0.1, -0.05) is 0 Å². The predicted octanol–water partition coefficient (Wildman–Crippen LogP) is -0.157. The molecule has 0 aromatic carbocycles. The van der Waals surface area contributed by atoms with E-state index < -0.39 is 0 Å². The minimum Gasteiger partial charge on any atom is -0.384 e. The molecule has 1 heterocycles. The molecule has 4 nitrogen and oxygen atoms in total. The average molecular weight is 186 g/mol. The molecule has 0 bridgehead atoms. The van der Waals surface area contributed by atoms with Crippen LogP contribution >= 0.6 is 0 Å². The van der Waals surface area contributed by atoms with Crippen molar-refractivity contribution in [1.82, 2.24) is 10.2 Å². The lowest BCUT2D eigenvalue weighted by molar-refractivity contribution is -0.132. The summed E-state index contributed by atoms with van der Waals surface area (Å²) < 4.78 is 4.86. The number of likely N-dealkylation sites (N-methyl/N-ethyl adjacent to an activating group) is 1. The van der Waals surface area contributed by atoms with Crippen LogP contribution in [0.15, 0.2) is 0 Å². The molecule has 0 aromatic rings. The van der Waals surface area contributed by atoms with Crippen molar-refractivity contribution in [3.63, 3.8) is 0 Å². The molecule has 0 spiro atoms. The number of hydrogen-bond donors (Lipinski definition) is 1. The maximum absolute atomic E-state index is 11.5. The van der Waals surface area contributed by atoms with Crippen molar-refractivity contribution in [1.29, 1.82) is 0 Å². The molecule has 1 amide bonds. The fourth-order valence-electron chi connectivity index (χ4n) is 1.54. The Morgan fingerprint density at radius 3 is 3.00 bits per heavy atom. The van der Waals surface area contributed by atoms with Gasteiger partial charge >= 0.3 is 0 Å². The van der Waals surface area contributed by atoms with Crippen LogP contribution < -0.4 is 5.32 Å². The van der Waals surface area contributed by atoms with Gasteiger partial charge in [0, 0.05) is 26.7 Å². The summed E-state index contributed by atoms with van der Waals surface area (Å²) >= 11 is 0. The van der Waals surface area contributed by atoms with Gasteiger partial charge in [-0.15, -0.1) is 0 Å². The van der Waals surface area contributed by atoms with E-state index in [0.29, 0.717) is 19.1 Å². The molecular weight excluding hydrogens is 168 g/mol. The van der Waals surface area contributed by atoms with Gasteiger partial charge in [-0.05, 0) is 13.0 Å². The Morgan fingerprint density at radius 1 is 1.69 bits per heavy atom. The van der Waals surface area contributed by atoms with E-state index in [1.165, 1.54) is 0 Å². The van der Waals surface area contributed by atoms with Gasteiger partial charge in [-0.25, -0.2) is 0 Å². The normalized spacial score (nSPS) is 21.8. The van der Waals surface area contributed by atoms with Crippen molar-refractivity contribution in [2.45, 2.75) is 18.9 Å². The monoisotopic (exact) mass is 186 g/mol. The predicted molar refractivity (Wildman–Crippen MR) is 50.5 cm³/mol. The van der Waals surface area contributed by atoms with Crippen LogP contribution in [-0.4, -0.2) is 50.7 Å². The van der Waals surface area contributed by atoms with Gasteiger partial charge in [0.15, 0.2) is 0 Å². The van der Waals surface area contributed by atoms with Gasteiger partial charge in [0.05, 0.1) is 13.0 Å². The first-order chi connectivity index (χ1) is 6.25. The lowest BCUT2D eigenvalue weighted by Crippen LogP contribution is -2.38. The largest absolute Gasteiger partial charge is 0.384 e. The van der Waals surface area contributed by atoms with Crippen LogP contribution in [0, 0.1) is 0 Å². The zero-order chi connectivity index (χ0) is 9.68. The van der Waals surface area contributed by atoms with E-state index in [4.69, 9.17) is 4.74 Å². The molecule has 1 aliphatic heterocycles. The highest BCUT2D eigenvalue weighted by Gasteiger charge is 2.22. The van der Waals surface area contributed by atoms with Crippen LogP contribution in [0.5, 0.6) is 0 Å². The van der Waals surface area contributed by atoms with E-state index in [1.807, 2.05) is 11.9 Å². The van der Waals surface area contributed by atoms with Gasteiger partial charge in [0.25, 0.3) is 0 Å². The second-order valence-electron chi connectivity index (χ2n) is 3.39. The first-order valence-electron chi connectivity index (χ1n) is 4.71. The lowest BCUT2D eigenvalue weighted by Gasteiger charge is -2.23. The second-order valence-corrected chi connectivity index (χ2v) is 3.39. The smallest absolute Gasteiger partial charge is 0.224 e. The minimum atomic E-state index is 0.176. The summed E-state index contributed by atoms with van der Waals surface area (Å²) in [5, 5.41) is 3.24. The molecule has 1 atom stereocenters. The molecule has 1 rings (SSSR count). The third-order valence-corrected chi connectivity index (χ3v) is 2.50. The van der Waals surface area contributed by atoms with Gasteiger partial charge in [-0.2, -0.15) is 0 Å². The fraction of sp³-hybridized carbons (Fsp3) is 0.889. The second kappa shape index (κ2) is 5.19. The number of methoxy groups -OCH3 is 1. The maximum atomic E-state index is 11.5. The van der Waals surface area contributed by atoms with Crippen molar-refractivity contribution < 1.29 is 9.53 Å². The van der Waals surface area contributed by atoms with Crippen molar-refractivity contribution in [2.24, 2.45) is 0 Å². The highest BCUT2D eigenvalue weighted by atomic mass is 16.5. The van der Waals surface area contributed by atoms with E-state index in [-0.39, 0.29) is 5.91 Å². The molecule has 76 valence electrons. The number of ether oxygens (including phenoxy) is 1. The first kappa shape index (κ1) is 10.5. The molecule has 0 aromatic heterocycles. The van der Waals surface area contributed by atoms with Crippen molar-refractivity contribution >= 4 is 5.91 Å². The van der Waals surface area contributed by atoms with Crippen molar-refractivity contribution in [3.8, 4) is 0 Å². The molecule has 13 heavy (non-hydrogen) atoms. The van der Waals surface area contributed by atoms with Crippen LogP contribution in [-0.2, 0) is 9.53 Å². The van der Waals surface area contributed by atoms with Gasteiger partial charge in [0.2, 0.25) is 5.91 Å². The van der Waals surface area contributed by atoms with E-state index in [0.717, 1.165) is 19.5 Å². The molecule has 1 saturated heterocycles. The summed E-state index contributed by atoms with van der Waals surface area (Å²) in [7, 11) is 3.49. The Morgan fingerprint density at radius 2 is 2.46 bits per heavy atom. The molecule has 1 aliphatic rings. The maximum Gasteiger partial charge on any atom is 0.224 e. The molecular formula is C9H18N2O2. The summed E-state index contributed by atoms with van der Waals surface area (Å²) in [5.74, 6) is 0.176. The quantitative estimate of drug-likeness (QED) is 0.663. The Labute approximate surface area is 79.2 Å². The number of hydrogen-bond acceptors (Lipinski definition) is 3. The topological polar surface area (TPSA) is 41.6 Å². The van der Waals surface area contributed by atoms with Crippen LogP contribution in [0.2, 0.25) is 0 Å². The Balaban J connectivity index is 2.28. The highest BCUT2D eigenvalue weighted by Crippen LogP contribution is 2.07. The fourth-order valence-corrected chi connectivity index (χ4v) is 1.54. The summed E-state index contributed by atoms with van der Waals surface area (Å²) in [6.07, 6.45) is 1.55. The number of nitrogens with one attached hydrogen (secondary N) is 1. The van der Waals surface area contributed by atoms with Crippen LogP contribution in [0.4, 0.5) is 0 Å². The third kappa shape index (κ3) is 2.97. The van der Waals surface area contributed by atoms with Crippen molar-refractivity contribution in [3.05, 3.63) is 0 Å². The van der Waals surface area contributed by atoms with Gasteiger partial charge < -0.3 is 15.0 Å². The minimum absolute atomic E-state index is 0.176. The zero-order valence-electron chi connectivity index (χ0n) is 8.38. The van der Waals surface area contributed by atoms with Gasteiger partial charge in [-0.3, -0.25) is 4.79 Å². The molecule has 1 N–H and O–H groups in total. The number of carbonyl (C=O) groups excluding carboxylic acids is 1. The van der Waals surface area contributed by atoms with Crippen LogP contribution in [0.25, 0.3) is 0 Å². The molecule has 0 aliphatic carbocycles. The molecule has 1 fully saturated rings. The number of amides is 1. The lowest BCUT2D eigenvalue weighted by atomic mass is 10.2. The Hall–Kier alpha value is -0.610. The van der Waals surface area contributed by atoms with E-state index >= 15 is 0 Å². The van der Waals surface area contributed by atoms with Crippen LogP contribution in [0.3, 0.4) is 0 Å². The standard InChI is InChI=1S/C9H18N2O2/c1-11(8-3-5-10-7-8)9(12)4-6-13-2/h8,10H,3-7H2,1-2H3. The van der Waals surface area contributed by atoms with Crippen molar-refractivity contribution in [2.75, 3.05) is 33.9 Å². The molecule has 0 radical (unpaired) electrons. The summed E-state index contributed by atoms with van der Waals surface area (Å²) in [5.41, 5.74) is 0. The number of nitrogens with zero attached hydrogens (tertiary/aromatic N) is 1. The Bertz CT molecular complexity index is 167. The van der Waals surface area contributed by atoms with E-state index in [9.17, 15) is 4.79 Å². The summed E-state index contributed by atoms with van der Waals surface area (Å²) in [6.45, 7) is 2.46. The molecule has 4 heteroatoms. The number of rotatable bonds is 4. The summed E-state index contributed by atoms with van der Waals surface area (Å²) in [6, 6.07) is 0.379. The van der Waals surface area contributed by atoms with E-state index in [2.05, 4.69) is 5.32 Å². The van der Waals surface area contributed by atoms with Gasteiger partial charge in [0.1, 0.15) is 0 Å². The average Bonchev–Trinajstić information content (AvgIpc) is 2.65. The highest BCUT2D eigenvalue weighted by molar-refractivity contribution is 5.76. The molecule has 0 saturated carbocycles.